The monoisotopic (exact) mass is 503 g/mol. The van der Waals surface area contributed by atoms with Gasteiger partial charge in [-0.3, -0.25) is 23.8 Å². The van der Waals surface area contributed by atoms with Crippen LogP contribution in [0.15, 0.2) is 47.4 Å². The van der Waals surface area contributed by atoms with Gasteiger partial charge in [-0.25, -0.2) is 0 Å². The minimum atomic E-state index is -3.23. The maximum absolute atomic E-state index is 13.7. The van der Waals surface area contributed by atoms with Gasteiger partial charge in [0.25, 0.3) is 5.91 Å². The molecule has 2 aromatic rings. The molecule has 1 aliphatic heterocycles. The van der Waals surface area contributed by atoms with Crippen molar-refractivity contribution in [1.82, 2.24) is 9.58 Å². The van der Waals surface area contributed by atoms with Crippen LogP contribution in [-0.2, 0) is 20.2 Å². The third kappa shape index (κ3) is 4.53. The van der Waals surface area contributed by atoms with E-state index in [1.54, 1.807) is 22.8 Å². The largest absolute Gasteiger partial charge is 0.482 e. The van der Waals surface area contributed by atoms with E-state index in [4.69, 9.17) is 13.8 Å². The Kier molecular flexibility index (Phi) is 7.40. The smallest absolute Gasteiger partial charge is 0.333 e. The summed E-state index contributed by atoms with van der Waals surface area (Å²) in [5, 5.41) is 1.99. The Bertz CT molecular complexity index is 1150. The number of hydrogen-bond acceptors (Lipinski definition) is 7. The standard InChI is InChI=1S/C25H34N3O6P/c1-5-33-35(31,34-6-2)20-12-15-25(16-13-20)26(3)24(30)22-23(21(29)14-17-28(22)27(25)4)32-18-19-10-8-7-9-11-19/h7-11,14,17,20H,5-6,12-13,15-16,18H2,1-4H3. The zero-order valence-corrected chi connectivity index (χ0v) is 21.7. The molecule has 1 saturated carbocycles. The lowest BCUT2D eigenvalue weighted by molar-refractivity contribution is 0.0230. The predicted molar refractivity (Wildman–Crippen MR) is 134 cm³/mol. The van der Waals surface area contributed by atoms with Gasteiger partial charge in [-0.05, 0) is 45.1 Å². The first kappa shape index (κ1) is 25.5. The molecule has 4 rings (SSSR count). The Hall–Kier alpha value is -2.61. The third-order valence-corrected chi connectivity index (χ3v) is 9.79. The van der Waals surface area contributed by atoms with Gasteiger partial charge in [-0.1, -0.05) is 30.3 Å². The summed E-state index contributed by atoms with van der Waals surface area (Å²) in [5.74, 6) is -0.235. The molecule has 35 heavy (non-hydrogen) atoms. The molecule has 10 heteroatoms. The summed E-state index contributed by atoms with van der Waals surface area (Å²) in [6, 6.07) is 10.9. The van der Waals surface area contributed by atoms with Crippen LogP contribution < -0.4 is 15.2 Å². The van der Waals surface area contributed by atoms with E-state index < -0.39 is 13.3 Å². The second kappa shape index (κ2) is 10.2. The Morgan fingerprint density at radius 2 is 1.63 bits per heavy atom. The average molecular weight is 504 g/mol. The molecule has 2 heterocycles. The fraction of sp³-hybridized carbons (Fsp3) is 0.520. The Morgan fingerprint density at radius 3 is 2.23 bits per heavy atom. The highest BCUT2D eigenvalue weighted by Gasteiger charge is 2.52. The topological polar surface area (TPSA) is 90.3 Å². The van der Waals surface area contributed by atoms with Gasteiger partial charge >= 0.3 is 7.60 Å². The van der Waals surface area contributed by atoms with Gasteiger partial charge in [0, 0.05) is 26.4 Å². The number of aromatic nitrogens is 1. The van der Waals surface area contributed by atoms with Gasteiger partial charge in [0.1, 0.15) is 12.3 Å². The van der Waals surface area contributed by atoms with E-state index in [2.05, 4.69) is 0 Å². The molecule has 0 N–H and O–H groups in total. The summed E-state index contributed by atoms with van der Waals surface area (Å²) in [6.45, 7) is 4.46. The lowest BCUT2D eigenvalue weighted by atomic mass is 9.86. The van der Waals surface area contributed by atoms with Crippen LogP contribution in [0.3, 0.4) is 0 Å². The highest BCUT2D eigenvalue weighted by atomic mass is 31.2. The maximum atomic E-state index is 13.7. The number of amides is 1. The van der Waals surface area contributed by atoms with Crippen molar-refractivity contribution in [2.24, 2.45) is 0 Å². The van der Waals surface area contributed by atoms with Gasteiger partial charge in [-0.2, -0.15) is 0 Å². The lowest BCUT2D eigenvalue weighted by Crippen LogP contribution is -2.69. The quantitative estimate of drug-likeness (QED) is 0.503. The van der Waals surface area contributed by atoms with E-state index >= 15 is 0 Å². The van der Waals surface area contributed by atoms with Crippen molar-refractivity contribution >= 4 is 13.5 Å². The van der Waals surface area contributed by atoms with Crippen molar-refractivity contribution in [3.8, 4) is 5.75 Å². The Morgan fingerprint density at radius 1 is 1.00 bits per heavy atom. The van der Waals surface area contributed by atoms with Crippen molar-refractivity contribution in [2.45, 2.75) is 57.5 Å². The van der Waals surface area contributed by atoms with E-state index in [1.165, 1.54) is 6.07 Å². The predicted octanol–water partition coefficient (Wildman–Crippen LogP) is 3.99. The summed E-state index contributed by atoms with van der Waals surface area (Å²) in [5.41, 5.74) is -0.0699. The van der Waals surface area contributed by atoms with E-state index in [0.717, 1.165) is 5.56 Å². The van der Waals surface area contributed by atoms with Crippen LogP contribution in [0.4, 0.5) is 0 Å². The maximum Gasteiger partial charge on any atom is 0.333 e. The Labute approximate surface area is 206 Å². The average Bonchev–Trinajstić information content (AvgIpc) is 2.86. The highest BCUT2D eigenvalue weighted by Crippen LogP contribution is 2.59. The normalized spacial score (nSPS) is 22.4. The molecule has 1 spiro atoms. The number of rotatable bonds is 8. The van der Waals surface area contributed by atoms with Gasteiger partial charge in [0.05, 0.1) is 18.9 Å². The molecular weight excluding hydrogens is 469 g/mol. The molecule has 0 saturated heterocycles. The van der Waals surface area contributed by atoms with E-state index in [0.29, 0.717) is 38.9 Å². The molecular formula is C25H34N3O6P. The van der Waals surface area contributed by atoms with E-state index in [-0.39, 0.29) is 35.0 Å². The van der Waals surface area contributed by atoms with E-state index in [1.807, 2.05) is 56.2 Å². The van der Waals surface area contributed by atoms with Gasteiger partial charge in [-0.15, -0.1) is 0 Å². The van der Waals surface area contributed by atoms with Crippen LogP contribution in [-0.4, -0.2) is 54.1 Å². The van der Waals surface area contributed by atoms with Crippen molar-refractivity contribution in [2.75, 3.05) is 32.3 Å². The fourth-order valence-corrected chi connectivity index (χ4v) is 7.34. The summed E-state index contributed by atoms with van der Waals surface area (Å²) in [4.78, 5) is 28.1. The lowest BCUT2D eigenvalue weighted by Gasteiger charge is -2.55. The number of benzene rings is 1. The molecule has 1 aliphatic carbocycles. The number of nitrogens with zero attached hydrogens (tertiary/aromatic N) is 3. The van der Waals surface area contributed by atoms with Crippen molar-refractivity contribution in [3.05, 3.63) is 64.1 Å². The number of pyridine rings is 1. The SMILES string of the molecule is CCOP(=O)(OCC)C1CCC2(CC1)N(C)C(=O)c1c(OCc3ccccc3)c(=O)ccn1N2C. The Balaban J connectivity index is 1.62. The van der Waals surface area contributed by atoms with Crippen LogP contribution in [0.5, 0.6) is 5.75 Å². The molecule has 2 aliphatic rings. The van der Waals surface area contributed by atoms with Gasteiger partial charge in [0.15, 0.2) is 11.4 Å². The second-order valence-corrected chi connectivity index (χ2v) is 11.3. The minimum absolute atomic E-state index is 0.0424. The second-order valence-electron chi connectivity index (χ2n) is 8.95. The van der Waals surface area contributed by atoms with Crippen LogP contribution in [0, 0.1) is 0 Å². The summed E-state index contributed by atoms with van der Waals surface area (Å²) >= 11 is 0. The van der Waals surface area contributed by atoms with Crippen LogP contribution in [0.2, 0.25) is 0 Å². The van der Waals surface area contributed by atoms with Crippen molar-refractivity contribution in [1.29, 1.82) is 0 Å². The van der Waals surface area contributed by atoms with E-state index in [9.17, 15) is 14.2 Å². The van der Waals surface area contributed by atoms with Crippen LogP contribution in [0.25, 0.3) is 0 Å². The number of hydrogen-bond donors (Lipinski definition) is 0. The molecule has 1 aromatic heterocycles. The summed E-state index contributed by atoms with van der Waals surface area (Å²) < 4.78 is 32.1. The first-order valence-corrected chi connectivity index (χ1v) is 13.7. The van der Waals surface area contributed by atoms with Gasteiger partial charge < -0.3 is 18.7 Å². The molecule has 0 unspecified atom stereocenters. The highest BCUT2D eigenvalue weighted by molar-refractivity contribution is 7.54. The molecule has 1 aromatic carbocycles. The molecule has 190 valence electrons. The summed E-state index contributed by atoms with van der Waals surface area (Å²) in [7, 11) is 0.435. The number of carbonyl (C=O) groups is 1. The number of ether oxygens (including phenoxy) is 1. The number of carbonyl (C=O) groups excluding carboxylic acids is 1. The first-order valence-electron chi connectivity index (χ1n) is 12.1. The van der Waals surface area contributed by atoms with Crippen molar-refractivity contribution in [3.63, 3.8) is 0 Å². The molecule has 1 fully saturated rings. The molecule has 9 nitrogen and oxygen atoms in total. The molecule has 0 bridgehead atoms. The molecule has 0 atom stereocenters. The molecule has 0 radical (unpaired) electrons. The third-order valence-electron chi connectivity index (χ3n) is 7.14. The molecule has 1 amide bonds. The minimum Gasteiger partial charge on any atom is -0.482 e. The van der Waals surface area contributed by atoms with Gasteiger partial charge in [0.2, 0.25) is 5.43 Å². The van der Waals surface area contributed by atoms with Crippen LogP contribution in [0.1, 0.15) is 55.6 Å². The zero-order chi connectivity index (χ0) is 25.2. The summed E-state index contributed by atoms with van der Waals surface area (Å²) in [6.07, 6.45) is 3.98. The zero-order valence-electron chi connectivity index (χ0n) is 20.8. The first-order chi connectivity index (χ1) is 16.8. The fourth-order valence-electron chi connectivity index (χ4n) is 5.24. The number of fused-ring (bicyclic) bond motifs is 1. The van der Waals surface area contributed by atoms with Crippen LogP contribution >= 0.6 is 7.60 Å². The van der Waals surface area contributed by atoms with Crippen molar-refractivity contribution < 1.29 is 23.1 Å².